The molecule has 3 rings (SSSR count). The molecule has 3 aromatic rings. The smallest absolute Gasteiger partial charge is 0.178 e. The Hall–Kier alpha value is -2.21. The second-order valence-corrected chi connectivity index (χ2v) is 5.65. The maximum Gasteiger partial charge on any atom is 0.178 e. The Morgan fingerprint density at radius 3 is 2.95 bits per heavy atom. The average molecular weight is 315 g/mol. The molecule has 2 aromatic heterocycles. The molecule has 0 saturated heterocycles. The zero-order valence-corrected chi connectivity index (χ0v) is 13.3. The fraction of sp³-hybridized carbons (Fsp3) is 0.250. The van der Waals surface area contributed by atoms with Gasteiger partial charge in [-0.1, -0.05) is 0 Å². The lowest BCUT2D eigenvalue weighted by atomic mass is 10.2. The van der Waals surface area contributed by atoms with Gasteiger partial charge in [0.25, 0.3) is 0 Å². The van der Waals surface area contributed by atoms with E-state index >= 15 is 0 Å². The lowest BCUT2D eigenvalue weighted by molar-refractivity contribution is 0.341. The Bertz CT molecular complexity index is 740. The predicted octanol–water partition coefficient (Wildman–Crippen LogP) is 3.38. The van der Waals surface area contributed by atoms with Crippen molar-refractivity contribution in [3.8, 4) is 22.9 Å². The first kappa shape index (κ1) is 14.7. The fourth-order valence-electron chi connectivity index (χ4n) is 2.15. The third-order valence-electron chi connectivity index (χ3n) is 3.25. The molecule has 0 aliphatic rings. The number of aromatic amines is 1. The fourth-order valence-corrected chi connectivity index (χ4v) is 2.40. The van der Waals surface area contributed by atoms with Crippen LogP contribution < -0.4 is 9.47 Å². The number of ether oxygens (including phenoxy) is 2. The number of pyridine rings is 1. The van der Waals surface area contributed by atoms with Gasteiger partial charge in [0, 0.05) is 18.0 Å². The number of hydrogen-bond acceptors (Lipinski definition) is 5. The van der Waals surface area contributed by atoms with E-state index in [0.29, 0.717) is 12.3 Å². The predicted molar refractivity (Wildman–Crippen MR) is 89.8 cm³/mol. The van der Waals surface area contributed by atoms with Crippen molar-refractivity contribution in [1.29, 1.82) is 0 Å². The Balaban J connectivity index is 2.00. The van der Waals surface area contributed by atoms with Crippen LogP contribution in [0.5, 0.6) is 11.5 Å². The zero-order valence-electron chi connectivity index (χ0n) is 12.5. The summed E-state index contributed by atoms with van der Waals surface area (Å²) in [4.78, 5) is 12.1. The van der Waals surface area contributed by atoms with Gasteiger partial charge >= 0.3 is 0 Å². The number of thioether (sulfide) groups is 1. The molecule has 6 heteroatoms. The summed E-state index contributed by atoms with van der Waals surface area (Å²) in [5, 5.41) is 0. The van der Waals surface area contributed by atoms with Crippen LogP contribution in [-0.2, 0) is 0 Å². The van der Waals surface area contributed by atoms with Crippen molar-refractivity contribution >= 4 is 22.9 Å². The molecule has 0 saturated carbocycles. The van der Waals surface area contributed by atoms with Crippen LogP contribution >= 0.6 is 11.8 Å². The standard InChI is InChI=1S/C16H17N3O2S/c1-20-11-5-6-12(14(10-11)21-8-9-22-2)15-18-13-4-3-7-17-16(13)19-15/h3-7,10H,8-9H2,1-2H3,(H,17,18,19). The maximum absolute atomic E-state index is 5.89. The van der Waals surface area contributed by atoms with Gasteiger partial charge < -0.3 is 14.5 Å². The molecular weight excluding hydrogens is 298 g/mol. The SMILES string of the molecule is COc1ccc(-c2nc3ncccc3[nH]2)c(OCCSC)c1. The van der Waals surface area contributed by atoms with Crippen LogP contribution in [0.3, 0.4) is 0 Å². The van der Waals surface area contributed by atoms with Crippen LogP contribution in [0.15, 0.2) is 36.5 Å². The summed E-state index contributed by atoms with van der Waals surface area (Å²) in [6.07, 6.45) is 3.79. The average Bonchev–Trinajstić information content (AvgIpc) is 2.98. The molecule has 1 aromatic carbocycles. The first-order valence-electron chi connectivity index (χ1n) is 6.92. The molecule has 0 atom stereocenters. The van der Waals surface area contributed by atoms with Crippen molar-refractivity contribution < 1.29 is 9.47 Å². The number of H-pyrrole nitrogens is 1. The van der Waals surface area contributed by atoms with Gasteiger partial charge in [-0.15, -0.1) is 0 Å². The number of rotatable bonds is 6. The van der Waals surface area contributed by atoms with Crippen LogP contribution in [0, 0.1) is 0 Å². The van der Waals surface area contributed by atoms with Crippen LogP contribution in [0.4, 0.5) is 0 Å². The highest BCUT2D eigenvalue weighted by molar-refractivity contribution is 7.98. The Labute approximate surface area is 133 Å². The highest BCUT2D eigenvalue weighted by Crippen LogP contribution is 2.32. The third-order valence-corrected chi connectivity index (χ3v) is 3.82. The van der Waals surface area contributed by atoms with Gasteiger partial charge in [0.15, 0.2) is 5.65 Å². The second-order valence-electron chi connectivity index (χ2n) is 4.66. The summed E-state index contributed by atoms with van der Waals surface area (Å²) in [6, 6.07) is 9.57. The Morgan fingerprint density at radius 1 is 1.27 bits per heavy atom. The van der Waals surface area contributed by atoms with Crippen molar-refractivity contribution in [3.63, 3.8) is 0 Å². The van der Waals surface area contributed by atoms with E-state index in [1.165, 1.54) is 0 Å². The number of hydrogen-bond donors (Lipinski definition) is 1. The van der Waals surface area contributed by atoms with Crippen molar-refractivity contribution in [2.24, 2.45) is 0 Å². The molecule has 1 N–H and O–H groups in total. The number of imidazole rings is 1. The normalized spacial score (nSPS) is 10.8. The summed E-state index contributed by atoms with van der Waals surface area (Å²) >= 11 is 1.75. The molecule has 0 unspecified atom stereocenters. The van der Waals surface area contributed by atoms with Gasteiger partial charge in [-0.3, -0.25) is 0 Å². The quantitative estimate of drug-likeness (QED) is 0.707. The minimum absolute atomic E-state index is 0.639. The first-order valence-corrected chi connectivity index (χ1v) is 8.32. The van der Waals surface area contributed by atoms with Crippen molar-refractivity contribution in [2.45, 2.75) is 0 Å². The van der Waals surface area contributed by atoms with Gasteiger partial charge in [0.1, 0.15) is 17.3 Å². The van der Waals surface area contributed by atoms with Crippen molar-refractivity contribution in [2.75, 3.05) is 25.7 Å². The molecule has 0 aliphatic carbocycles. The van der Waals surface area contributed by atoms with Crippen molar-refractivity contribution in [3.05, 3.63) is 36.5 Å². The van der Waals surface area contributed by atoms with E-state index in [0.717, 1.165) is 34.2 Å². The van der Waals surface area contributed by atoms with E-state index in [9.17, 15) is 0 Å². The molecule has 2 heterocycles. The number of methoxy groups -OCH3 is 1. The molecule has 0 bridgehead atoms. The third kappa shape index (κ3) is 3.01. The highest BCUT2D eigenvalue weighted by atomic mass is 32.2. The van der Waals surface area contributed by atoms with E-state index in [4.69, 9.17) is 9.47 Å². The monoisotopic (exact) mass is 315 g/mol. The molecule has 22 heavy (non-hydrogen) atoms. The van der Waals surface area contributed by atoms with Gasteiger partial charge in [-0.25, -0.2) is 9.97 Å². The molecule has 0 spiro atoms. The number of nitrogens with one attached hydrogen (secondary N) is 1. The topological polar surface area (TPSA) is 60.0 Å². The Morgan fingerprint density at radius 2 is 2.18 bits per heavy atom. The molecule has 0 amide bonds. The van der Waals surface area contributed by atoms with Gasteiger partial charge in [-0.2, -0.15) is 11.8 Å². The summed E-state index contributed by atoms with van der Waals surface area (Å²) in [5.74, 6) is 3.19. The minimum atomic E-state index is 0.639. The van der Waals surface area contributed by atoms with Crippen molar-refractivity contribution in [1.82, 2.24) is 15.0 Å². The van der Waals surface area contributed by atoms with Gasteiger partial charge in [-0.05, 0) is 30.5 Å². The summed E-state index contributed by atoms with van der Waals surface area (Å²) in [5.41, 5.74) is 2.51. The van der Waals surface area contributed by atoms with Crippen LogP contribution in [0.2, 0.25) is 0 Å². The number of benzene rings is 1. The summed E-state index contributed by atoms with van der Waals surface area (Å²) < 4.78 is 11.2. The molecule has 5 nitrogen and oxygen atoms in total. The summed E-state index contributed by atoms with van der Waals surface area (Å²) in [6.45, 7) is 0.639. The lowest BCUT2D eigenvalue weighted by Crippen LogP contribution is -2.01. The largest absolute Gasteiger partial charge is 0.497 e. The van der Waals surface area contributed by atoms with E-state index in [1.54, 1.807) is 25.1 Å². The number of fused-ring (bicyclic) bond motifs is 1. The summed E-state index contributed by atoms with van der Waals surface area (Å²) in [7, 11) is 1.64. The molecule has 0 radical (unpaired) electrons. The Kier molecular flexibility index (Phi) is 4.48. The van der Waals surface area contributed by atoms with Gasteiger partial charge in [0.2, 0.25) is 0 Å². The van der Waals surface area contributed by atoms with E-state index in [2.05, 4.69) is 21.2 Å². The molecule has 0 aliphatic heterocycles. The molecule has 114 valence electrons. The number of nitrogens with zero attached hydrogens (tertiary/aromatic N) is 2. The minimum Gasteiger partial charge on any atom is -0.497 e. The van der Waals surface area contributed by atoms with Gasteiger partial charge in [0.05, 0.1) is 24.8 Å². The zero-order chi connectivity index (χ0) is 15.4. The molecular formula is C16H17N3O2S. The van der Waals surface area contributed by atoms with Crippen LogP contribution in [-0.4, -0.2) is 40.7 Å². The molecule has 0 fully saturated rings. The first-order chi connectivity index (χ1) is 10.8. The highest BCUT2D eigenvalue weighted by Gasteiger charge is 2.12. The van der Waals surface area contributed by atoms with E-state index in [-0.39, 0.29) is 0 Å². The maximum atomic E-state index is 5.89. The van der Waals surface area contributed by atoms with E-state index < -0.39 is 0 Å². The number of aromatic nitrogens is 3. The van der Waals surface area contributed by atoms with Crippen LogP contribution in [0.1, 0.15) is 0 Å². The van der Waals surface area contributed by atoms with Crippen LogP contribution in [0.25, 0.3) is 22.6 Å². The van der Waals surface area contributed by atoms with E-state index in [1.807, 2.05) is 30.3 Å². The lowest BCUT2D eigenvalue weighted by Gasteiger charge is -2.11. The second kappa shape index (κ2) is 6.70.